The summed E-state index contributed by atoms with van der Waals surface area (Å²) in [6.07, 6.45) is 0.407. The molecule has 6 heteroatoms. The van der Waals surface area contributed by atoms with Crippen LogP contribution in [0.3, 0.4) is 0 Å². The Kier molecular flexibility index (Phi) is 6.50. The molecule has 0 spiro atoms. The van der Waals surface area contributed by atoms with E-state index in [1.807, 2.05) is 24.3 Å². The van der Waals surface area contributed by atoms with Crippen LogP contribution in [-0.2, 0) is 9.59 Å². The molecule has 0 aliphatic heterocycles. The Morgan fingerprint density at radius 3 is 2.43 bits per heavy atom. The summed E-state index contributed by atoms with van der Waals surface area (Å²) in [7, 11) is 0. The molecule has 23 heavy (non-hydrogen) atoms. The van der Waals surface area contributed by atoms with Gasteiger partial charge in [-0.2, -0.15) is 0 Å². The highest BCUT2D eigenvalue weighted by Gasteiger charge is 2.04. The standard InChI is InChI=1S/C17H17ClN2O2S/c1-12(21)19-14-5-7-16(8-6-14)23-10-9-17(22)20-15-4-2-3-13(18)11-15/h2-8,11H,9-10H2,1H3,(H,19,21)(H,20,22). The summed E-state index contributed by atoms with van der Waals surface area (Å²) in [5.74, 6) is 0.532. The summed E-state index contributed by atoms with van der Waals surface area (Å²) in [5.41, 5.74) is 1.47. The lowest BCUT2D eigenvalue weighted by molar-refractivity contribution is -0.116. The second kappa shape index (κ2) is 8.60. The van der Waals surface area contributed by atoms with E-state index in [9.17, 15) is 9.59 Å². The van der Waals surface area contributed by atoms with Gasteiger partial charge in [0, 0.05) is 40.4 Å². The van der Waals surface area contributed by atoms with Crippen LogP contribution in [0.25, 0.3) is 0 Å². The molecular formula is C17H17ClN2O2S. The van der Waals surface area contributed by atoms with Crippen LogP contribution in [0.2, 0.25) is 5.02 Å². The molecule has 2 aromatic rings. The molecule has 2 aromatic carbocycles. The molecule has 0 saturated carbocycles. The van der Waals surface area contributed by atoms with Crippen molar-refractivity contribution in [2.45, 2.75) is 18.2 Å². The maximum absolute atomic E-state index is 11.9. The lowest BCUT2D eigenvalue weighted by Crippen LogP contribution is -2.12. The van der Waals surface area contributed by atoms with Crippen molar-refractivity contribution >= 4 is 46.6 Å². The first-order valence-electron chi connectivity index (χ1n) is 7.09. The maximum Gasteiger partial charge on any atom is 0.225 e. The molecule has 0 atom stereocenters. The van der Waals surface area contributed by atoms with Gasteiger partial charge in [0.25, 0.3) is 0 Å². The first kappa shape index (κ1) is 17.4. The van der Waals surface area contributed by atoms with E-state index >= 15 is 0 Å². The fraction of sp³-hybridized carbons (Fsp3) is 0.176. The third-order valence-electron chi connectivity index (χ3n) is 2.88. The quantitative estimate of drug-likeness (QED) is 0.760. The Morgan fingerprint density at radius 1 is 1.04 bits per heavy atom. The number of halogens is 1. The molecule has 2 rings (SSSR count). The largest absolute Gasteiger partial charge is 0.326 e. The highest BCUT2D eigenvalue weighted by Crippen LogP contribution is 2.21. The zero-order chi connectivity index (χ0) is 16.7. The third kappa shape index (κ3) is 6.34. The minimum Gasteiger partial charge on any atom is -0.326 e. The summed E-state index contributed by atoms with van der Waals surface area (Å²) in [5, 5.41) is 6.12. The van der Waals surface area contributed by atoms with Gasteiger partial charge in [-0.1, -0.05) is 17.7 Å². The molecule has 0 radical (unpaired) electrons. The van der Waals surface area contributed by atoms with Gasteiger partial charge in [0.05, 0.1) is 0 Å². The van der Waals surface area contributed by atoms with E-state index in [2.05, 4.69) is 10.6 Å². The van der Waals surface area contributed by atoms with Gasteiger partial charge in [-0.15, -0.1) is 11.8 Å². The van der Waals surface area contributed by atoms with Gasteiger partial charge in [-0.05, 0) is 42.5 Å². The lowest BCUT2D eigenvalue weighted by atomic mass is 10.3. The number of hydrogen-bond donors (Lipinski definition) is 2. The monoisotopic (exact) mass is 348 g/mol. The van der Waals surface area contributed by atoms with Crippen LogP contribution >= 0.6 is 23.4 Å². The Morgan fingerprint density at radius 2 is 1.78 bits per heavy atom. The summed E-state index contributed by atoms with van der Waals surface area (Å²) >= 11 is 7.47. The molecule has 0 heterocycles. The van der Waals surface area contributed by atoms with Gasteiger partial charge in [0.2, 0.25) is 11.8 Å². The predicted octanol–water partition coefficient (Wildman–Crippen LogP) is 4.42. The molecule has 0 fully saturated rings. The van der Waals surface area contributed by atoms with Crippen molar-refractivity contribution in [1.29, 1.82) is 0 Å². The van der Waals surface area contributed by atoms with E-state index in [-0.39, 0.29) is 11.8 Å². The van der Waals surface area contributed by atoms with Crippen LogP contribution in [-0.4, -0.2) is 17.6 Å². The van der Waals surface area contributed by atoms with Gasteiger partial charge in [0.15, 0.2) is 0 Å². The molecule has 4 nitrogen and oxygen atoms in total. The van der Waals surface area contributed by atoms with Crippen molar-refractivity contribution in [2.24, 2.45) is 0 Å². The predicted molar refractivity (Wildman–Crippen MR) is 96.2 cm³/mol. The highest BCUT2D eigenvalue weighted by molar-refractivity contribution is 7.99. The normalized spacial score (nSPS) is 10.2. The van der Waals surface area contributed by atoms with Crippen molar-refractivity contribution in [3.63, 3.8) is 0 Å². The molecule has 120 valence electrons. The molecule has 0 unspecified atom stereocenters. The van der Waals surface area contributed by atoms with Gasteiger partial charge >= 0.3 is 0 Å². The summed E-state index contributed by atoms with van der Waals surface area (Å²) in [4.78, 5) is 23.9. The average Bonchev–Trinajstić information content (AvgIpc) is 2.48. The van der Waals surface area contributed by atoms with Gasteiger partial charge in [-0.3, -0.25) is 9.59 Å². The molecule has 0 bridgehead atoms. The summed E-state index contributed by atoms with van der Waals surface area (Å²) in [6.45, 7) is 1.47. The van der Waals surface area contributed by atoms with Crippen molar-refractivity contribution in [3.05, 3.63) is 53.6 Å². The smallest absolute Gasteiger partial charge is 0.225 e. The molecule has 2 amide bonds. The van der Waals surface area contributed by atoms with Crippen LogP contribution < -0.4 is 10.6 Å². The van der Waals surface area contributed by atoms with Crippen LogP contribution in [0.4, 0.5) is 11.4 Å². The zero-order valence-electron chi connectivity index (χ0n) is 12.6. The summed E-state index contributed by atoms with van der Waals surface area (Å²) < 4.78 is 0. The van der Waals surface area contributed by atoms with E-state index in [4.69, 9.17) is 11.6 Å². The Hall–Kier alpha value is -1.98. The third-order valence-corrected chi connectivity index (χ3v) is 4.13. The number of thioether (sulfide) groups is 1. The molecular weight excluding hydrogens is 332 g/mol. The lowest BCUT2D eigenvalue weighted by Gasteiger charge is -2.06. The number of amides is 2. The van der Waals surface area contributed by atoms with Crippen LogP contribution in [0.5, 0.6) is 0 Å². The van der Waals surface area contributed by atoms with Crippen molar-refractivity contribution in [1.82, 2.24) is 0 Å². The zero-order valence-corrected chi connectivity index (χ0v) is 14.2. The second-order valence-corrected chi connectivity index (χ2v) is 6.47. The first-order valence-corrected chi connectivity index (χ1v) is 8.45. The topological polar surface area (TPSA) is 58.2 Å². The van der Waals surface area contributed by atoms with E-state index in [1.54, 1.807) is 36.0 Å². The Labute approximate surface area is 144 Å². The number of benzene rings is 2. The number of carbonyl (C=O) groups excluding carboxylic acids is 2. The average molecular weight is 349 g/mol. The van der Waals surface area contributed by atoms with Crippen molar-refractivity contribution in [3.8, 4) is 0 Å². The number of rotatable bonds is 6. The van der Waals surface area contributed by atoms with E-state index in [0.717, 1.165) is 10.6 Å². The molecule has 0 aromatic heterocycles. The summed E-state index contributed by atoms with van der Waals surface area (Å²) in [6, 6.07) is 14.6. The number of nitrogens with one attached hydrogen (secondary N) is 2. The first-order chi connectivity index (χ1) is 11.0. The van der Waals surface area contributed by atoms with Gasteiger partial charge in [-0.25, -0.2) is 0 Å². The van der Waals surface area contributed by atoms with Crippen LogP contribution in [0, 0.1) is 0 Å². The van der Waals surface area contributed by atoms with E-state index in [1.165, 1.54) is 6.92 Å². The fourth-order valence-corrected chi connectivity index (χ4v) is 2.93. The number of anilines is 2. The minimum atomic E-state index is -0.0944. The highest BCUT2D eigenvalue weighted by atomic mass is 35.5. The fourth-order valence-electron chi connectivity index (χ4n) is 1.89. The van der Waals surface area contributed by atoms with Crippen LogP contribution in [0.1, 0.15) is 13.3 Å². The van der Waals surface area contributed by atoms with E-state index in [0.29, 0.717) is 22.9 Å². The Balaban J connectivity index is 1.76. The number of hydrogen-bond acceptors (Lipinski definition) is 3. The molecule has 0 aliphatic rings. The maximum atomic E-state index is 11.9. The molecule has 0 saturated heterocycles. The Bertz CT molecular complexity index is 689. The van der Waals surface area contributed by atoms with Gasteiger partial charge in [0.1, 0.15) is 0 Å². The number of carbonyl (C=O) groups is 2. The van der Waals surface area contributed by atoms with Crippen molar-refractivity contribution < 1.29 is 9.59 Å². The van der Waals surface area contributed by atoms with Gasteiger partial charge < -0.3 is 10.6 Å². The SMILES string of the molecule is CC(=O)Nc1ccc(SCCC(=O)Nc2cccc(Cl)c2)cc1. The molecule has 2 N–H and O–H groups in total. The van der Waals surface area contributed by atoms with Crippen molar-refractivity contribution in [2.75, 3.05) is 16.4 Å². The molecule has 0 aliphatic carbocycles. The van der Waals surface area contributed by atoms with E-state index < -0.39 is 0 Å². The van der Waals surface area contributed by atoms with Crippen LogP contribution in [0.15, 0.2) is 53.4 Å². The second-order valence-electron chi connectivity index (χ2n) is 4.86. The minimum absolute atomic E-state index is 0.0466.